The van der Waals surface area contributed by atoms with Crippen molar-refractivity contribution in [1.82, 2.24) is 15.1 Å². The summed E-state index contributed by atoms with van der Waals surface area (Å²) in [6, 6.07) is 10.6. The van der Waals surface area contributed by atoms with Gasteiger partial charge in [-0.2, -0.15) is 5.10 Å². The Morgan fingerprint density at radius 2 is 2.05 bits per heavy atom. The smallest absolute Gasteiger partial charge is 0.0817 e. The minimum Gasteiger partial charge on any atom is -0.316 e. The number of rotatable bonds is 7. The van der Waals surface area contributed by atoms with Gasteiger partial charge in [0.25, 0.3) is 0 Å². The van der Waals surface area contributed by atoms with Crippen LogP contribution in [-0.2, 0) is 13.5 Å². The van der Waals surface area contributed by atoms with Crippen LogP contribution in [0.4, 0.5) is 0 Å². The Labute approximate surface area is 126 Å². The Bertz CT molecular complexity index is 502. The first kappa shape index (κ1) is 15.1. The van der Waals surface area contributed by atoms with Crippen LogP contribution in [0, 0.1) is 0 Å². The largest absolute Gasteiger partial charge is 0.316 e. The van der Waals surface area contributed by atoms with Crippen molar-refractivity contribution in [3.8, 4) is 0 Å². The number of aryl methyl sites for hydroxylation is 1. The molecule has 1 heterocycles. The Hall–Kier alpha value is -1.32. The van der Waals surface area contributed by atoms with E-state index in [4.69, 9.17) is 11.6 Å². The second kappa shape index (κ2) is 7.46. The summed E-state index contributed by atoms with van der Waals surface area (Å²) in [6.45, 7) is 4.18. The van der Waals surface area contributed by atoms with Crippen molar-refractivity contribution in [1.29, 1.82) is 0 Å². The quantitative estimate of drug-likeness (QED) is 0.793. The zero-order valence-electron chi connectivity index (χ0n) is 12.1. The SMILES string of the molecule is CCCNCC(Cc1c(Cl)cnn1C)c1ccccc1. The highest BCUT2D eigenvalue weighted by atomic mass is 35.5. The molecular formula is C16H22ClN3. The Morgan fingerprint density at radius 3 is 2.65 bits per heavy atom. The molecule has 0 aliphatic rings. The topological polar surface area (TPSA) is 29.9 Å². The summed E-state index contributed by atoms with van der Waals surface area (Å²) in [7, 11) is 1.95. The van der Waals surface area contributed by atoms with E-state index in [1.165, 1.54) is 5.56 Å². The summed E-state index contributed by atoms with van der Waals surface area (Å²) in [6.07, 6.45) is 3.77. The lowest BCUT2D eigenvalue weighted by molar-refractivity contribution is 0.558. The number of hydrogen-bond donors (Lipinski definition) is 1. The molecule has 0 aliphatic heterocycles. The highest BCUT2D eigenvalue weighted by Crippen LogP contribution is 2.24. The summed E-state index contributed by atoms with van der Waals surface area (Å²) in [5, 5.41) is 8.49. The van der Waals surface area contributed by atoms with Gasteiger partial charge in [-0.05, 0) is 24.9 Å². The summed E-state index contributed by atoms with van der Waals surface area (Å²) < 4.78 is 1.87. The van der Waals surface area contributed by atoms with Crippen molar-refractivity contribution in [2.24, 2.45) is 7.05 Å². The molecule has 0 radical (unpaired) electrons. The third kappa shape index (κ3) is 3.84. The van der Waals surface area contributed by atoms with Gasteiger partial charge >= 0.3 is 0 Å². The van der Waals surface area contributed by atoms with E-state index in [1.807, 2.05) is 11.7 Å². The van der Waals surface area contributed by atoms with E-state index in [0.29, 0.717) is 5.92 Å². The third-order valence-electron chi connectivity index (χ3n) is 3.54. The number of halogens is 1. The summed E-state index contributed by atoms with van der Waals surface area (Å²) >= 11 is 6.23. The highest BCUT2D eigenvalue weighted by molar-refractivity contribution is 6.31. The number of hydrogen-bond acceptors (Lipinski definition) is 2. The van der Waals surface area contributed by atoms with Gasteiger partial charge in [-0.1, -0.05) is 48.9 Å². The second-order valence-corrected chi connectivity index (χ2v) is 5.49. The van der Waals surface area contributed by atoms with Crippen LogP contribution in [0.3, 0.4) is 0 Å². The molecule has 2 rings (SSSR count). The lowest BCUT2D eigenvalue weighted by atomic mass is 9.94. The maximum absolute atomic E-state index is 6.23. The van der Waals surface area contributed by atoms with E-state index in [0.717, 1.165) is 36.6 Å². The van der Waals surface area contributed by atoms with E-state index >= 15 is 0 Å². The van der Waals surface area contributed by atoms with Gasteiger partial charge in [0, 0.05) is 19.5 Å². The monoisotopic (exact) mass is 291 g/mol. The highest BCUT2D eigenvalue weighted by Gasteiger charge is 2.16. The van der Waals surface area contributed by atoms with E-state index < -0.39 is 0 Å². The van der Waals surface area contributed by atoms with Crippen LogP contribution < -0.4 is 5.32 Å². The van der Waals surface area contributed by atoms with Gasteiger partial charge in [-0.3, -0.25) is 4.68 Å². The fraction of sp³-hybridized carbons (Fsp3) is 0.438. The molecule has 1 unspecified atom stereocenters. The maximum atomic E-state index is 6.23. The first-order chi connectivity index (χ1) is 9.72. The molecular weight excluding hydrogens is 270 g/mol. The molecule has 0 bridgehead atoms. The zero-order chi connectivity index (χ0) is 14.4. The minimum atomic E-state index is 0.413. The molecule has 1 N–H and O–H groups in total. The fourth-order valence-electron chi connectivity index (χ4n) is 2.39. The maximum Gasteiger partial charge on any atom is 0.0817 e. The van der Waals surface area contributed by atoms with Crippen molar-refractivity contribution >= 4 is 11.6 Å². The van der Waals surface area contributed by atoms with Gasteiger partial charge < -0.3 is 5.32 Å². The third-order valence-corrected chi connectivity index (χ3v) is 3.85. The van der Waals surface area contributed by atoms with Crippen molar-refractivity contribution in [3.63, 3.8) is 0 Å². The molecule has 0 spiro atoms. The number of aromatic nitrogens is 2. The first-order valence-electron chi connectivity index (χ1n) is 7.14. The molecule has 0 amide bonds. The van der Waals surface area contributed by atoms with Crippen molar-refractivity contribution in [2.45, 2.75) is 25.7 Å². The standard InChI is InChI=1S/C16H22ClN3/c1-3-9-18-11-14(13-7-5-4-6-8-13)10-16-15(17)12-19-20(16)2/h4-8,12,14,18H,3,9-11H2,1-2H3. The molecule has 0 aliphatic carbocycles. The van der Waals surface area contributed by atoms with Crippen LogP contribution in [0.1, 0.15) is 30.5 Å². The van der Waals surface area contributed by atoms with Gasteiger partial charge in [0.05, 0.1) is 16.9 Å². The molecule has 108 valence electrons. The van der Waals surface area contributed by atoms with E-state index in [1.54, 1.807) is 6.20 Å². The predicted molar refractivity (Wildman–Crippen MR) is 84.3 cm³/mol. The van der Waals surface area contributed by atoms with E-state index in [-0.39, 0.29) is 0 Å². The van der Waals surface area contributed by atoms with Gasteiger partial charge in [-0.25, -0.2) is 0 Å². The average molecular weight is 292 g/mol. The summed E-state index contributed by atoms with van der Waals surface area (Å²) in [4.78, 5) is 0. The summed E-state index contributed by atoms with van der Waals surface area (Å²) in [5.41, 5.74) is 2.44. The average Bonchev–Trinajstić information content (AvgIpc) is 2.79. The molecule has 1 aromatic carbocycles. The number of nitrogens with zero attached hydrogens (tertiary/aromatic N) is 2. The lowest BCUT2D eigenvalue weighted by Crippen LogP contribution is -2.24. The predicted octanol–water partition coefficient (Wildman–Crippen LogP) is 3.40. The molecule has 2 aromatic rings. The van der Waals surface area contributed by atoms with Crippen LogP contribution >= 0.6 is 11.6 Å². The molecule has 0 saturated carbocycles. The molecule has 1 atom stereocenters. The molecule has 1 aromatic heterocycles. The Balaban J connectivity index is 2.14. The van der Waals surface area contributed by atoms with Gasteiger partial charge in [0.2, 0.25) is 0 Å². The van der Waals surface area contributed by atoms with Crippen molar-refractivity contribution < 1.29 is 0 Å². The van der Waals surface area contributed by atoms with E-state index in [9.17, 15) is 0 Å². The van der Waals surface area contributed by atoms with Crippen LogP contribution in [-0.4, -0.2) is 22.9 Å². The van der Waals surface area contributed by atoms with Crippen molar-refractivity contribution in [2.75, 3.05) is 13.1 Å². The van der Waals surface area contributed by atoms with E-state index in [2.05, 4.69) is 47.7 Å². The second-order valence-electron chi connectivity index (χ2n) is 5.08. The van der Waals surface area contributed by atoms with Gasteiger partial charge in [0.1, 0.15) is 0 Å². The minimum absolute atomic E-state index is 0.413. The molecule has 0 fully saturated rings. The fourth-order valence-corrected chi connectivity index (χ4v) is 2.63. The van der Waals surface area contributed by atoms with Crippen LogP contribution in [0.15, 0.2) is 36.5 Å². The number of benzene rings is 1. The first-order valence-corrected chi connectivity index (χ1v) is 7.52. The van der Waals surface area contributed by atoms with Crippen LogP contribution in [0.25, 0.3) is 0 Å². The van der Waals surface area contributed by atoms with Gasteiger partial charge in [-0.15, -0.1) is 0 Å². The molecule has 0 saturated heterocycles. The Morgan fingerprint density at radius 1 is 1.30 bits per heavy atom. The van der Waals surface area contributed by atoms with Crippen LogP contribution in [0.2, 0.25) is 5.02 Å². The normalized spacial score (nSPS) is 12.6. The molecule has 4 heteroatoms. The zero-order valence-corrected chi connectivity index (χ0v) is 12.9. The molecule has 20 heavy (non-hydrogen) atoms. The molecule has 3 nitrogen and oxygen atoms in total. The summed E-state index contributed by atoms with van der Waals surface area (Å²) in [5.74, 6) is 0.413. The van der Waals surface area contributed by atoms with Crippen LogP contribution in [0.5, 0.6) is 0 Å². The lowest BCUT2D eigenvalue weighted by Gasteiger charge is -2.18. The van der Waals surface area contributed by atoms with Crippen molar-refractivity contribution in [3.05, 3.63) is 52.8 Å². The Kier molecular flexibility index (Phi) is 5.62. The number of nitrogens with one attached hydrogen (secondary N) is 1. The van der Waals surface area contributed by atoms with Gasteiger partial charge in [0.15, 0.2) is 0 Å².